The molecule has 8 heteroatoms. The maximum Gasteiger partial charge on any atom is 0.328 e. The number of halogens is 2. The zero-order valence-corrected chi connectivity index (χ0v) is 8.94. The van der Waals surface area contributed by atoms with Gasteiger partial charge in [0.25, 0.3) is 10.0 Å². The van der Waals surface area contributed by atoms with E-state index in [9.17, 15) is 22.0 Å². The molecule has 0 atom stereocenters. The van der Waals surface area contributed by atoms with Gasteiger partial charge in [-0.2, -0.15) is 0 Å². The molecule has 5 nitrogen and oxygen atoms in total. The molecule has 0 fully saturated rings. The molecule has 16 heavy (non-hydrogen) atoms. The summed E-state index contributed by atoms with van der Waals surface area (Å²) in [5.41, 5.74) is 0. The minimum absolute atomic E-state index is 0.487. The van der Waals surface area contributed by atoms with Crippen molar-refractivity contribution in [1.82, 2.24) is 10.0 Å². The summed E-state index contributed by atoms with van der Waals surface area (Å²) in [6.45, 7) is 0. The molecule has 0 unspecified atom stereocenters. The fraction of sp³-hybridized carbons (Fsp3) is 0.125. The van der Waals surface area contributed by atoms with E-state index in [4.69, 9.17) is 0 Å². The van der Waals surface area contributed by atoms with E-state index < -0.39 is 32.6 Å². The van der Waals surface area contributed by atoms with Crippen molar-refractivity contribution in [3.05, 3.63) is 29.8 Å². The second kappa shape index (κ2) is 4.44. The molecule has 0 aliphatic heterocycles. The van der Waals surface area contributed by atoms with Crippen molar-refractivity contribution in [2.45, 2.75) is 4.90 Å². The Labute approximate surface area is 90.5 Å². The molecular weight excluding hydrogens is 242 g/mol. The fourth-order valence-electron chi connectivity index (χ4n) is 0.876. The summed E-state index contributed by atoms with van der Waals surface area (Å²) in [5, 5.41) is 2.02. The van der Waals surface area contributed by atoms with Crippen molar-refractivity contribution in [2.24, 2.45) is 0 Å². The maximum atomic E-state index is 12.8. The first-order valence-corrected chi connectivity index (χ1v) is 5.54. The molecule has 0 bridgehead atoms. The van der Waals surface area contributed by atoms with Crippen LogP contribution in [0.15, 0.2) is 23.1 Å². The molecule has 1 rings (SSSR count). The molecule has 2 N–H and O–H groups in total. The second-order valence-electron chi connectivity index (χ2n) is 2.76. The summed E-state index contributed by atoms with van der Waals surface area (Å²) in [4.78, 5) is 10.3. The lowest BCUT2D eigenvalue weighted by atomic mass is 10.3. The Morgan fingerprint density at radius 1 is 1.25 bits per heavy atom. The van der Waals surface area contributed by atoms with Crippen molar-refractivity contribution >= 4 is 16.1 Å². The summed E-state index contributed by atoms with van der Waals surface area (Å²) in [5.74, 6) is -2.47. The number of carbonyl (C=O) groups excluding carboxylic acids is 1. The van der Waals surface area contributed by atoms with Gasteiger partial charge in [0, 0.05) is 7.05 Å². The monoisotopic (exact) mass is 250 g/mol. The molecule has 1 aromatic carbocycles. The third-order valence-corrected chi connectivity index (χ3v) is 2.98. The topological polar surface area (TPSA) is 75.3 Å². The van der Waals surface area contributed by atoms with Gasteiger partial charge in [0.05, 0.1) is 4.90 Å². The number of rotatable bonds is 2. The zero-order chi connectivity index (χ0) is 12.3. The Morgan fingerprint density at radius 2 is 1.88 bits per heavy atom. The molecule has 0 aliphatic rings. The van der Waals surface area contributed by atoms with E-state index in [2.05, 4.69) is 0 Å². The van der Waals surface area contributed by atoms with Crippen molar-refractivity contribution in [1.29, 1.82) is 0 Å². The van der Waals surface area contributed by atoms with E-state index in [1.54, 1.807) is 4.72 Å². The van der Waals surface area contributed by atoms with Gasteiger partial charge in [-0.05, 0) is 18.2 Å². The minimum Gasteiger partial charge on any atom is -0.340 e. The molecule has 88 valence electrons. The minimum atomic E-state index is -4.18. The van der Waals surface area contributed by atoms with Gasteiger partial charge < -0.3 is 5.32 Å². The van der Waals surface area contributed by atoms with Crippen molar-refractivity contribution in [2.75, 3.05) is 7.05 Å². The van der Waals surface area contributed by atoms with Crippen LogP contribution in [-0.2, 0) is 10.0 Å². The van der Waals surface area contributed by atoms with Crippen LogP contribution in [0.4, 0.5) is 13.6 Å². The third-order valence-electron chi connectivity index (χ3n) is 1.66. The average molecular weight is 250 g/mol. The number of benzene rings is 1. The summed E-state index contributed by atoms with van der Waals surface area (Å²) >= 11 is 0. The van der Waals surface area contributed by atoms with Gasteiger partial charge in [-0.25, -0.2) is 26.7 Å². The van der Waals surface area contributed by atoms with E-state index >= 15 is 0 Å². The predicted octanol–water partition coefficient (Wildman–Crippen LogP) is 0.583. The van der Waals surface area contributed by atoms with Crippen molar-refractivity contribution in [3.63, 3.8) is 0 Å². The van der Waals surface area contributed by atoms with Crippen LogP contribution in [0, 0.1) is 11.6 Å². The fourth-order valence-corrected chi connectivity index (χ4v) is 1.85. The highest BCUT2D eigenvalue weighted by atomic mass is 32.2. The van der Waals surface area contributed by atoms with Gasteiger partial charge >= 0.3 is 6.03 Å². The average Bonchev–Trinajstić information content (AvgIpc) is 2.21. The molecule has 2 amide bonds. The molecule has 0 saturated carbocycles. The number of carbonyl (C=O) groups is 1. The van der Waals surface area contributed by atoms with Crippen LogP contribution in [-0.4, -0.2) is 21.5 Å². The van der Waals surface area contributed by atoms with Crippen LogP contribution in [0.5, 0.6) is 0 Å². The Balaban J connectivity index is 3.08. The van der Waals surface area contributed by atoms with Crippen molar-refractivity contribution in [3.8, 4) is 0 Å². The first-order valence-electron chi connectivity index (χ1n) is 4.06. The predicted molar refractivity (Wildman–Crippen MR) is 51.1 cm³/mol. The molecule has 0 saturated heterocycles. The highest BCUT2D eigenvalue weighted by Gasteiger charge is 2.18. The summed E-state index contributed by atoms with van der Waals surface area (Å²) in [6, 6.07) is 1.03. The molecule has 0 spiro atoms. The molecular formula is C8H8F2N2O3S. The summed E-state index contributed by atoms with van der Waals surface area (Å²) in [6.07, 6.45) is 0. The second-order valence-corrected chi connectivity index (χ2v) is 4.44. The Bertz CT molecular complexity index is 516. The number of hydrogen-bond acceptors (Lipinski definition) is 3. The van der Waals surface area contributed by atoms with Crippen LogP contribution in [0.1, 0.15) is 0 Å². The largest absolute Gasteiger partial charge is 0.340 e. The molecule has 0 radical (unpaired) electrons. The van der Waals surface area contributed by atoms with Crippen LogP contribution in [0.2, 0.25) is 0 Å². The summed E-state index contributed by atoms with van der Waals surface area (Å²) < 4.78 is 49.7. The molecule has 0 heterocycles. The first-order chi connectivity index (χ1) is 7.36. The summed E-state index contributed by atoms with van der Waals surface area (Å²) in [7, 11) is -2.96. The van der Waals surface area contributed by atoms with Gasteiger partial charge in [0.1, 0.15) is 0 Å². The third kappa shape index (κ3) is 2.66. The van der Waals surface area contributed by atoms with Crippen LogP contribution in [0.25, 0.3) is 0 Å². The maximum absolute atomic E-state index is 12.8. The molecule has 0 aromatic heterocycles. The SMILES string of the molecule is CNC(=O)NS(=O)(=O)c1ccc(F)c(F)c1. The lowest BCUT2D eigenvalue weighted by molar-refractivity contribution is 0.248. The van der Waals surface area contributed by atoms with Gasteiger partial charge in [-0.15, -0.1) is 0 Å². The lowest BCUT2D eigenvalue weighted by Crippen LogP contribution is -2.37. The van der Waals surface area contributed by atoms with E-state index in [1.165, 1.54) is 7.05 Å². The van der Waals surface area contributed by atoms with E-state index in [1.807, 2.05) is 5.32 Å². The van der Waals surface area contributed by atoms with Gasteiger partial charge in [0.15, 0.2) is 11.6 Å². The Hall–Kier alpha value is -1.70. The number of amides is 2. The quantitative estimate of drug-likeness (QED) is 0.806. The van der Waals surface area contributed by atoms with E-state index in [0.717, 1.165) is 6.07 Å². The standard InChI is InChI=1S/C8H8F2N2O3S/c1-11-8(13)12-16(14,15)5-2-3-6(9)7(10)4-5/h2-4H,1H3,(H2,11,12,13). The first kappa shape index (κ1) is 12.4. The lowest BCUT2D eigenvalue weighted by Gasteiger charge is -2.06. The van der Waals surface area contributed by atoms with Crippen LogP contribution >= 0.6 is 0 Å². The van der Waals surface area contributed by atoms with Gasteiger partial charge in [-0.1, -0.05) is 0 Å². The number of urea groups is 1. The smallest absolute Gasteiger partial charge is 0.328 e. The highest BCUT2D eigenvalue weighted by molar-refractivity contribution is 7.90. The highest BCUT2D eigenvalue weighted by Crippen LogP contribution is 2.13. The van der Waals surface area contributed by atoms with Crippen molar-refractivity contribution < 1.29 is 22.0 Å². The van der Waals surface area contributed by atoms with E-state index in [-0.39, 0.29) is 0 Å². The normalized spacial score (nSPS) is 10.9. The zero-order valence-electron chi connectivity index (χ0n) is 8.12. The van der Waals surface area contributed by atoms with Gasteiger partial charge in [0.2, 0.25) is 0 Å². The number of sulfonamides is 1. The molecule has 0 aliphatic carbocycles. The van der Waals surface area contributed by atoms with Crippen LogP contribution in [0.3, 0.4) is 0 Å². The molecule has 1 aromatic rings. The Morgan fingerprint density at radius 3 is 2.38 bits per heavy atom. The van der Waals surface area contributed by atoms with Crippen LogP contribution < -0.4 is 10.0 Å². The number of nitrogens with one attached hydrogen (secondary N) is 2. The number of hydrogen-bond donors (Lipinski definition) is 2. The Kier molecular flexibility index (Phi) is 3.43. The van der Waals surface area contributed by atoms with Gasteiger partial charge in [-0.3, -0.25) is 0 Å². The van der Waals surface area contributed by atoms with E-state index in [0.29, 0.717) is 12.1 Å².